The zero-order chi connectivity index (χ0) is 25.6. The molecule has 2 aliphatic rings. The molecule has 2 aliphatic heterocycles. The highest BCUT2D eigenvalue weighted by Gasteiger charge is 2.35. The zero-order valence-corrected chi connectivity index (χ0v) is 21.6. The molecule has 196 valence electrons. The number of nitrogens with two attached hydrogens (primary N) is 1. The highest BCUT2D eigenvalue weighted by Crippen LogP contribution is 2.39. The Bertz CT molecular complexity index is 1150. The van der Waals surface area contributed by atoms with Gasteiger partial charge in [-0.05, 0) is 59.3 Å². The van der Waals surface area contributed by atoms with Crippen LogP contribution in [0.2, 0.25) is 0 Å². The van der Waals surface area contributed by atoms with Crippen LogP contribution in [0.1, 0.15) is 53.9 Å². The van der Waals surface area contributed by atoms with E-state index in [0.29, 0.717) is 12.6 Å². The number of nitrogens with zero attached hydrogens (tertiary/aromatic N) is 1. The van der Waals surface area contributed by atoms with Crippen molar-refractivity contribution in [1.29, 1.82) is 0 Å². The van der Waals surface area contributed by atoms with Gasteiger partial charge < -0.3 is 25.1 Å². The van der Waals surface area contributed by atoms with E-state index in [-0.39, 0.29) is 18.8 Å². The van der Waals surface area contributed by atoms with Gasteiger partial charge in [-0.3, -0.25) is 4.90 Å². The van der Waals surface area contributed by atoms with Crippen LogP contribution in [-0.2, 0) is 27.4 Å². The summed E-state index contributed by atoms with van der Waals surface area (Å²) in [4.78, 5) is 2.51. The van der Waals surface area contributed by atoms with E-state index in [0.717, 1.165) is 65.9 Å². The van der Waals surface area contributed by atoms with Gasteiger partial charge in [0.1, 0.15) is 0 Å². The molecule has 3 N–H and O–H groups in total. The maximum absolute atomic E-state index is 9.48. The highest BCUT2D eigenvalue weighted by molar-refractivity contribution is 5.65. The Morgan fingerprint density at radius 3 is 2.49 bits per heavy atom. The van der Waals surface area contributed by atoms with Gasteiger partial charge in [0, 0.05) is 38.2 Å². The van der Waals surface area contributed by atoms with Crippen LogP contribution in [0.3, 0.4) is 0 Å². The van der Waals surface area contributed by atoms with Crippen LogP contribution >= 0.6 is 0 Å². The Morgan fingerprint density at radius 1 is 0.946 bits per heavy atom. The Kier molecular flexibility index (Phi) is 8.66. The van der Waals surface area contributed by atoms with E-state index in [9.17, 15) is 5.11 Å². The van der Waals surface area contributed by atoms with Gasteiger partial charge in [0.25, 0.3) is 0 Å². The lowest BCUT2D eigenvalue weighted by Gasteiger charge is -2.39. The van der Waals surface area contributed by atoms with Gasteiger partial charge in [-0.15, -0.1) is 0 Å². The van der Waals surface area contributed by atoms with Crippen LogP contribution in [0.25, 0.3) is 11.1 Å². The Hall–Kier alpha value is -2.58. The molecule has 0 amide bonds. The van der Waals surface area contributed by atoms with E-state index in [1.54, 1.807) is 7.11 Å². The molecular formula is C31H38N2O4. The molecule has 0 spiro atoms. The van der Waals surface area contributed by atoms with E-state index >= 15 is 0 Å². The van der Waals surface area contributed by atoms with Crippen molar-refractivity contribution in [2.45, 2.75) is 57.0 Å². The Balaban J connectivity index is 1.41. The fraction of sp³-hybridized carbons (Fsp3) is 0.419. The lowest BCUT2D eigenvalue weighted by Crippen LogP contribution is -2.42. The van der Waals surface area contributed by atoms with Crippen LogP contribution in [0.5, 0.6) is 0 Å². The lowest BCUT2D eigenvalue weighted by molar-refractivity contribution is -0.253. The number of ether oxygens (including phenoxy) is 3. The average molecular weight is 503 g/mol. The molecular weight excluding hydrogens is 464 g/mol. The number of hydrogen-bond donors (Lipinski definition) is 2. The normalized spacial score (nSPS) is 24.4. The van der Waals surface area contributed by atoms with Gasteiger partial charge in [-0.25, -0.2) is 0 Å². The molecule has 0 saturated carbocycles. The molecule has 6 heteroatoms. The number of benzene rings is 3. The minimum absolute atomic E-state index is 0.0305. The second-order valence-electron chi connectivity index (χ2n) is 10.1. The first-order chi connectivity index (χ1) is 18.2. The van der Waals surface area contributed by atoms with Crippen molar-refractivity contribution < 1.29 is 19.3 Å². The van der Waals surface area contributed by atoms with Crippen molar-refractivity contribution in [3.63, 3.8) is 0 Å². The number of aliphatic hydroxyl groups excluding tert-OH is 1. The summed E-state index contributed by atoms with van der Waals surface area (Å²) < 4.78 is 18.7. The first kappa shape index (κ1) is 26.0. The predicted octanol–water partition coefficient (Wildman–Crippen LogP) is 4.96. The molecule has 2 heterocycles. The monoisotopic (exact) mass is 502 g/mol. The van der Waals surface area contributed by atoms with Crippen LogP contribution in [-0.4, -0.2) is 49.0 Å². The van der Waals surface area contributed by atoms with E-state index in [4.69, 9.17) is 19.9 Å². The summed E-state index contributed by atoms with van der Waals surface area (Å²) in [5.41, 5.74) is 12.2. The predicted molar refractivity (Wildman–Crippen MR) is 145 cm³/mol. The van der Waals surface area contributed by atoms with E-state index < -0.39 is 6.29 Å². The van der Waals surface area contributed by atoms with Crippen molar-refractivity contribution in [1.82, 2.24) is 4.90 Å². The Labute approximate surface area is 220 Å². The van der Waals surface area contributed by atoms with E-state index in [1.165, 1.54) is 6.42 Å². The largest absolute Gasteiger partial charge is 0.392 e. The fourth-order valence-electron chi connectivity index (χ4n) is 5.55. The molecule has 37 heavy (non-hydrogen) atoms. The standard InChI is InChI=1S/C31H38N2O4/c1-35-21-28-9-4-14-33(28)19-29-17-30(24-12-10-22(20-34)11-13-24)37-31(36-29)27-8-3-7-26(16-27)25-6-2-5-23(15-25)18-32/h2-3,5-8,10-13,15-16,28-31,34H,4,9,14,17-21,32H2,1H3/t28-,29+,30-,31-/m0/s1. The van der Waals surface area contributed by atoms with Crippen molar-refractivity contribution in [3.05, 3.63) is 95.1 Å². The summed E-state index contributed by atoms with van der Waals surface area (Å²) in [6, 6.07) is 25.3. The average Bonchev–Trinajstić information content (AvgIpc) is 3.39. The molecule has 0 unspecified atom stereocenters. The number of aliphatic hydroxyl groups is 1. The van der Waals surface area contributed by atoms with Gasteiger partial charge in [0.15, 0.2) is 6.29 Å². The molecule has 0 aliphatic carbocycles. The summed E-state index contributed by atoms with van der Waals surface area (Å²) >= 11 is 0. The van der Waals surface area contributed by atoms with Crippen LogP contribution < -0.4 is 5.73 Å². The van der Waals surface area contributed by atoms with Crippen LogP contribution in [0, 0.1) is 0 Å². The number of methoxy groups -OCH3 is 1. The third kappa shape index (κ3) is 6.29. The second kappa shape index (κ2) is 12.3. The van der Waals surface area contributed by atoms with Gasteiger partial charge in [0.2, 0.25) is 0 Å². The van der Waals surface area contributed by atoms with Crippen molar-refractivity contribution in [3.8, 4) is 11.1 Å². The number of hydrogen-bond acceptors (Lipinski definition) is 6. The first-order valence-corrected chi connectivity index (χ1v) is 13.3. The van der Waals surface area contributed by atoms with Gasteiger partial charge in [-0.1, -0.05) is 60.7 Å². The maximum atomic E-state index is 9.48. The quantitative estimate of drug-likeness (QED) is 0.431. The minimum Gasteiger partial charge on any atom is -0.392 e. The third-order valence-electron chi connectivity index (χ3n) is 7.57. The molecule has 6 nitrogen and oxygen atoms in total. The summed E-state index contributed by atoms with van der Waals surface area (Å²) in [5.74, 6) is 0. The minimum atomic E-state index is -0.470. The van der Waals surface area contributed by atoms with E-state index in [2.05, 4.69) is 53.4 Å². The molecule has 5 rings (SSSR count). The second-order valence-corrected chi connectivity index (χ2v) is 10.1. The molecule has 0 aromatic heterocycles. The molecule has 0 radical (unpaired) electrons. The molecule has 2 saturated heterocycles. The summed E-state index contributed by atoms with van der Waals surface area (Å²) in [5, 5.41) is 9.48. The summed E-state index contributed by atoms with van der Waals surface area (Å²) in [6.07, 6.45) is 2.60. The van der Waals surface area contributed by atoms with Crippen molar-refractivity contribution in [2.24, 2.45) is 5.73 Å². The molecule has 0 bridgehead atoms. The molecule has 3 aromatic carbocycles. The first-order valence-electron chi connectivity index (χ1n) is 13.3. The summed E-state index contributed by atoms with van der Waals surface area (Å²) in [7, 11) is 1.78. The van der Waals surface area contributed by atoms with Gasteiger partial charge >= 0.3 is 0 Å². The fourth-order valence-corrected chi connectivity index (χ4v) is 5.55. The van der Waals surface area contributed by atoms with Crippen molar-refractivity contribution in [2.75, 3.05) is 26.8 Å². The van der Waals surface area contributed by atoms with Crippen LogP contribution in [0.15, 0.2) is 72.8 Å². The SMILES string of the molecule is COC[C@@H]1CCCN1C[C@H]1C[C@@H](c2ccc(CO)cc2)O[C@@H](c2cccc(-c3cccc(CN)c3)c2)O1. The van der Waals surface area contributed by atoms with E-state index in [1.807, 2.05) is 24.3 Å². The zero-order valence-electron chi connectivity index (χ0n) is 21.6. The third-order valence-corrected chi connectivity index (χ3v) is 7.57. The van der Waals surface area contributed by atoms with Crippen molar-refractivity contribution >= 4 is 0 Å². The summed E-state index contributed by atoms with van der Waals surface area (Å²) in [6.45, 7) is 3.23. The molecule has 2 fully saturated rings. The van der Waals surface area contributed by atoms with Gasteiger partial charge in [-0.2, -0.15) is 0 Å². The topological polar surface area (TPSA) is 77.2 Å². The maximum Gasteiger partial charge on any atom is 0.184 e. The molecule has 3 aromatic rings. The van der Waals surface area contributed by atoms with Gasteiger partial charge in [0.05, 0.1) is 25.4 Å². The Morgan fingerprint density at radius 2 is 1.73 bits per heavy atom. The van der Waals surface area contributed by atoms with Crippen LogP contribution in [0.4, 0.5) is 0 Å². The number of rotatable bonds is 9. The molecule has 4 atom stereocenters. The number of likely N-dealkylation sites (tertiary alicyclic amines) is 1. The highest BCUT2D eigenvalue weighted by atomic mass is 16.7. The smallest absolute Gasteiger partial charge is 0.184 e. The lowest BCUT2D eigenvalue weighted by atomic mass is 9.98.